The third kappa shape index (κ3) is 5.16. The summed E-state index contributed by atoms with van der Waals surface area (Å²) in [4.78, 5) is 12.4. The number of sulfonamides is 1. The summed E-state index contributed by atoms with van der Waals surface area (Å²) in [6.07, 6.45) is 0.837. The minimum atomic E-state index is -3.71. The first-order chi connectivity index (χ1) is 14.9. The molecule has 0 saturated carbocycles. The number of benzene rings is 3. The number of fused-ring (bicyclic) bond motifs is 1. The maximum atomic E-state index is 12.6. The maximum Gasteiger partial charge on any atom is 0.261 e. The van der Waals surface area contributed by atoms with Gasteiger partial charge in [0.15, 0.2) is 11.5 Å². The summed E-state index contributed by atoms with van der Waals surface area (Å²) in [7, 11) is -3.71. The molecule has 3 aromatic carbocycles. The number of ether oxygens (including phenoxy) is 2. The first-order valence-corrected chi connectivity index (χ1v) is 11.3. The lowest BCUT2D eigenvalue weighted by Gasteiger charge is -2.10. The van der Waals surface area contributed by atoms with E-state index in [-0.39, 0.29) is 24.0 Å². The van der Waals surface area contributed by atoms with E-state index in [1.807, 2.05) is 31.2 Å². The number of carbonyl (C=O) groups is 1. The van der Waals surface area contributed by atoms with Crippen LogP contribution in [0.15, 0.2) is 71.6 Å². The van der Waals surface area contributed by atoms with Crippen LogP contribution in [0.25, 0.3) is 0 Å². The Hall–Kier alpha value is -3.52. The zero-order chi connectivity index (χ0) is 21.8. The molecule has 0 spiro atoms. The SMILES string of the molecule is Cc1cccc(NS(=O)(=O)c2ccc(NC(=O)CCc3ccc4c(c3)OCO4)cc2)c1. The number of anilines is 2. The van der Waals surface area contributed by atoms with Gasteiger partial charge in [0.25, 0.3) is 10.0 Å². The molecule has 7 nitrogen and oxygen atoms in total. The molecule has 0 saturated heterocycles. The number of rotatable bonds is 7. The lowest BCUT2D eigenvalue weighted by molar-refractivity contribution is -0.116. The fourth-order valence-corrected chi connectivity index (χ4v) is 4.27. The highest BCUT2D eigenvalue weighted by molar-refractivity contribution is 7.92. The smallest absolute Gasteiger partial charge is 0.261 e. The van der Waals surface area contributed by atoms with E-state index in [4.69, 9.17) is 9.47 Å². The molecule has 3 aromatic rings. The Bertz CT molecular complexity index is 1210. The van der Waals surface area contributed by atoms with Gasteiger partial charge in [0.05, 0.1) is 4.90 Å². The predicted octanol–water partition coefficient (Wildman–Crippen LogP) is 4.10. The standard InChI is InChI=1S/C23H22N2O5S/c1-16-3-2-4-19(13-16)25-31(27,28)20-9-7-18(8-10-20)24-23(26)12-6-17-5-11-21-22(14-17)30-15-29-21/h2-5,7-11,13-14,25H,6,12,15H2,1H3,(H,24,26). The van der Waals surface area contributed by atoms with Crippen molar-refractivity contribution in [2.24, 2.45) is 0 Å². The van der Waals surface area contributed by atoms with Crippen LogP contribution in [0.3, 0.4) is 0 Å². The molecule has 0 unspecified atom stereocenters. The van der Waals surface area contributed by atoms with E-state index in [0.29, 0.717) is 29.3 Å². The molecule has 160 valence electrons. The number of hydrogen-bond acceptors (Lipinski definition) is 5. The Morgan fingerprint density at radius 1 is 0.935 bits per heavy atom. The number of aryl methyl sites for hydroxylation is 2. The van der Waals surface area contributed by atoms with Gasteiger partial charge in [-0.15, -0.1) is 0 Å². The molecule has 0 radical (unpaired) electrons. The van der Waals surface area contributed by atoms with Crippen molar-refractivity contribution in [2.45, 2.75) is 24.7 Å². The van der Waals surface area contributed by atoms with E-state index in [1.54, 1.807) is 30.3 Å². The van der Waals surface area contributed by atoms with Crippen molar-refractivity contribution in [3.63, 3.8) is 0 Å². The molecular weight excluding hydrogens is 416 g/mol. The molecule has 31 heavy (non-hydrogen) atoms. The van der Waals surface area contributed by atoms with Crippen LogP contribution in [0.1, 0.15) is 17.5 Å². The Morgan fingerprint density at radius 3 is 2.48 bits per heavy atom. The van der Waals surface area contributed by atoms with E-state index in [1.165, 1.54) is 12.1 Å². The van der Waals surface area contributed by atoms with Crippen molar-refractivity contribution in [2.75, 3.05) is 16.8 Å². The molecule has 4 rings (SSSR count). The first-order valence-electron chi connectivity index (χ1n) is 9.77. The van der Waals surface area contributed by atoms with E-state index >= 15 is 0 Å². The van der Waals surface area contributed by atoms with Gasteiger partial charge in [-0.1, -0.05) is 18.2 Å². The average molecular weight is 439 g/mol. The summed E-state index contributed by atoms with van der Waals surface area (Å²) >= 11 is 0. The molecule has 2 N–H and O–H groups in total. The van der Waals surface area contributed by atoms with E-state index in [0.717, 1.165) is 11.1 Å². The van der Waals surface area contributed by atoms with Crippen LogP contribution >= 0.6 is 0 Å². The van der Waals surface area contributed by atoms with Crippen molar-refractivity contribution < 1.29 is 22.7 Å². The second kappa shape index (κ2) is 8.69. The number of nitrogens with one attached hydrogen (secondary N) is 2. The van der Waals surface area contributed by atoms with Crippen molar-refractivity contribution in [1.29, 1.82) is 0 Å². The molecule has 0 aliphatic carbocycles. The molecule has 1 aliphatic rings. The Kier molecular flexibility index (Phi) is 5.81. The van der Waals surface area contributed by atoms with E-state index < -0.39 is 10.0 Å². The minimum Gasteiger partial charge on any atom is -0.454 e. The highest BCUT2D eigenvalue weighted by Gasteiger charge is 2.15. The molecule has 0 fully saturated rings. The monoisotopic (exact) mass is 438 g/mol. The molecule has 0 bridgehead atoms. The zero-order valence-corrected chi connectivity index (χ0v) is 17.7. The van der Waals surface area contributed by atoms with Crippen molar-refractivity contribution in [1.82, 2.24) is 0 Å². The van der Waals surface area contributed by atoms with Gasteiger partial charge in [-0.05, 0) is 73.0 Å². The lowest BCUT2D eigenvalue weighted by atomic mass is 10.1. The van der Waals surface area contributed by atoms with Gasteiger partial charge in [-0.2, -0.15) is 0 Å². The molecule has 1 amide bonds. The van der Waals surface area contributed by atoms with Crippen LogP contribution < -0.4 is 19.5 Å². The van der Waals surface area contributed by atoms with Crippen LogP contribution in [0.4, 0.5) is 11.4 Å². The normalized spacial score (nSPS) is 12.4. The van der Waals surface area contributed by atoms with Crippen LogP contribution in [0.5, 0.6) is 11.5 Å². The summed E-state index contributed by atoms with van der Waals surface area (Å²) in [6.45, 7) is 2.10. The zero-order valence-electron chi connectivity index (χ0n) is 16.9. The Balaban J connectivity index is 1.34. The van der Waals surface area contributed by atoms with Gasteiger partial charge in [0.1, 0.15) is 0 Å². The number of amides is 1. The van der Waals surface area contributed by atoms with Gasteiger partial charge < -0.3 is 14.8 Å². The molecule has 0 aromatic heterocycles. The maximum absolute atomic E-state index is 12.6. The minimum absolute atomic E-state index is 0.118. The van der Waals surface area contributed by atoms with Crippen LogP contribution in [0, 0.1) is 6.92 Å². The summed E-state index contributed by atoms with van der Waals surface area (Å²) in [5.74, 6) is 1.24. The summed E-state index contributed by atoms with van der Waals surface area (Å²) in [5.41, 5.74) is 2.97. The highest BCUT2D eigenvalue weighted by atomic mass is 32.2. The second-order valence-corrected chi connectivity index (χ2v) is 8.92. The summed E-state index contributed by atoms with van der Waals surface area (Å²) in [5, 5.41) is 2.79. The second-order valence-electron chi connectivity index (χ2n) is 7.24. The lowest BCUT2D eigenvalue weighted by Crippen LogP contribution is -2.14. The van der Waals surface area contributed by atoms with Crippen LogP contribution in [-0.4, -0.2) is 21.1 Å². The topological polar surface area (TPSA) is 93.7 Å². The summed E-state index contributed by atoms with van der Waals surface area (Å²) in [6, 6.07) is 18.8. The van der Waals surface area contributed by atoms with Crippen LogP contribution in [0.2, 0.25) is 0 Å². The largest absolute Gasteiger partial charge is 0.454 e. The molecule has 8 heteroatoms. The molecule has 1 aliphatic heterocycles. The molecular formula is C23H22N2O5S. The molecule has 1 heterocycles. The van der Waals surface area contributed by atoms with E-state index in [9.17, 15) is 13.2 Å². The number of hydrogen-bond donors (Lipinski definition) is 2. The van der Waals surface area contributed by atoms with Crippen molar-refractivity contribution >= 4 is 27.3 Å². The fraction of sp³-hybridized carbons (Fsp3) is 0.174. The fourth-order valence-electron chi connectivity index (χ4n) is 3.22. The van der Waals surface area contributed by atoms with Gasteiger partial charge in [-0.3, -0.25) is 9.52 Å². The highest BCUT2D eigenvalue weighted by Crippen LogP contribution is 2.32. The molecule has 0 atom stereocenters. The van der Waals surface area contributed by atoms with Gasteiger partial charge in [0.2, 0.25) is 12.7 Å². The Labute approximate surface area is 181 Å². The number of carbonyl (C=O) groups excluding carboxylic acids is 1. The summed E-state index contributed by atoms with van der Waals surface area (Å²) < 4.78 is 38.3. The first kappa shape index (κ1) is 20.7. The van der Waals surface area contributed by atoms with Crippen molar-refractivity contribution in [3.05, 3.63) is 77.9 Å². The van der Waals surface area contributed by atoms with Crippen molar-refractivity contribution in [3.8, 4) is 11.5 Å². The third-order valence-corrected chi connectivity index (χ3v) is 6.19. The van der Waals surface area contributed by atoms with Crippen LogP contribution in [-0.2, 0) is 21.2 Å². The predicted molar refractivity (Wildman–Crippen MR) is 118 cm³/mol. The van der Waals surface area contributed by atoms with Gasteiger partial charge in [-0.25, -0.2) is 8.42 Å². The van der Waals surface area contributed by atoms with Gasteiger partial charge >= 0.3 is 0 Å². The van der Waals surface area contributed by atoms with E-state index in [2.05, 4.69) is 10.0 Å². The third-order valence-electron chi connectivity index (χ3n) is 4.80. The quantitative estimate of drug-likeness (QED) is 0.579. The van der Waals surface area contributed by atoms with Gasteiger partial charge in [0, 0.05) is 17.8 Å². The Morgan fingerprint density at radius 2 is 1.71 bits per heavy atom. The average Bonchev–Trinajstić information content (AvgIpc) is 3.20.